The summed E-state index contributed by atoms with van der Waals surface area (Å²) in [4.78, 5) is 12.2. The number of amides is 1. The summed E-state index contributed by atoms with van der Waals surface area (Å²) in [6.45, 7) is 0.637. The molecule has 1 fully saturated rings. The Morgan fingerprint density at radius 2 is 1.70 bits per heavy atom. The minimum Gasteiger partial charge on any atom is -0.493 e. The third-order valence-corrected chi connectivity index (χ3v) is 4.31. The van der Waals surface area contributed by atoms with Crippen molar-refractivity contribution in [3.63, 3.8) is 0 Å². The summed E-state index contributed by atoms with van der Waals surface area (Å²) in [5, 5.41) is 3.10. The van der Waals surface area contributed by atoms with Crippen LogP contribution >= 0.6 is 0 Å². The van der Waals surface area contributed by atoms with Gasteiger partial charge in [-0.25, -0.2) is 0 Å². The van der Waals surface area contributed by atoms with Crippen molar-refractivity contribution in [2.75, 3.05) is 6.61 Å². The van der Waals surface area contributed by atoms with Crippen molar-refractivity contribution < 1.29 is 9.53 Å². The van der Waals surface area contributed by atoms with Crippen molar-refractivity contribution in [3.8, 4) is 5.75 Å². The topological polar surface area (TPSA) is 38.3 Å². The summed E-state index contributed by atoms with van der Waals surface area (Å²) >= 11 is 0. The number of ether oxygens (including phenoxy) is 1. The lowest BCUT2D eigenvalue weighted by molar-refractivity contribution is 0.0938. The van der Waals surface area contributed by atoms with Crippen LogP contribution in [-0.2, 0) is 6.42 Å². The molecule has 2 aromatic rings. The molecule has 0 unspecified atom stereocenters. The third kappa shape index (κ3) is 4.59. The molecular weight excluding hydrogens is 286 g/mol. The smallest absolute Gasteiger partial charge is 0.251 e. The van der Waals surface area contributed by atoms with Crippen molar-refractivity contribution in [1.82, 2.24) is 5.32 Å². The Balaban J connectivity index is 1.47. The molecule has 0 heterocycles. The first-order valence-electron chi connectivity index (χ1n) is 8.39. The van der Waals surface area contributed by atoms with Crippen molar-refractivity contribution >= 4 is 5.91 Å². The van der Waals surface area contributed by atoms with Crippen LogP contribution in [0.3, 0.4) is 0 Å². The normalized spacial score (nSPS) is 14.6. The first kappa shape index (κ1) is 15.6. The molecule has 0 atom stereocenters. The lowest BCUT2D eigenvalue weighted by Crippen LogP contribution is -2.32. The zero-order valence-electron chi connectivity index (χ0n) is 13.3. The Bertz CT molecular complexity index is 616. The van der Waals surface area contributed by atoms with Crippen LogP contribution in [0.2, 0.25) is 0 Å². The predicted molar refractivity (Wildman–Crippen MR) is 91.8 cm³/mol. The van der Waals surface area contributed by atoms with E-state index >= 15 is 0 Å². The van der Waals surface area contributed by atoms with Gasteiger partial charge in [-0.05, 0) is 42.7 Å². The molecular formula is C20H23NO2. The molecule has 0 spiro atoms. The van der Waals surface area contributed by atoms with Crippen LogP contribution in [0, 0.1) is 0 Å². The van der Waals surface area contributed by atoms with E-state index in [2.05, 4.69) is 17.4 Å². The van der Waals surface area contributed by atoms with E-state index in [0.717, 1.165) is 25.0 Å². The van der Waals surface area contributed by atoms with Gasteiger partial charge in [0.15, 0.2) is 0 Å². The molecule has 2 aromatic carbocycles. The van der Waals surface area contributed by atoms with Gasteiger partial charge in [0.2, 0.25) is 0 Å². The zero-order valence-corrected chi connectivity index (χ0v) is 13.3. The number of hydrogen-bond acceptors (Lipinski definition) is 2. The van der Waals surface area contributed by atoms with Gasteiger partial charge < -0.3 is 10.1 Å². The number of carbonyl (C=O) groups excluding carboxylic acids is 1. The van der Waals surface area contributed by atoms with E-state index in [0.29, 0.717) is 18.2 Å². The molecule has 23 heavy (non-hydrogen) atoms. The Hall–Kier alpha value is -2.29. The molecule has 0 bridgehead atoms. The van der Waals surface area contributed by atoms with Crippen LogP contribution in [0.15, 0.2) is 54.6 Å². The van der Waals surface area contributed by atoms with Crippen LogP contribution in [0.25, 0.3) is 0 Å². The number of benzene rings is 2. The van der Waals surface area contributed by atoms with E-state index in [1.54, 1.807) is 0 Å². The summed E-state index contributed by atoms with van der Waals surface area (Å²) in [6, 6.07) is 18.0. The number of hydrogen-bond donors (Lipinski definition) is 1. The van der Waals surface area contributed by atoms with Gasteiger partial charge in [-0.1, -0.05) is 43.2 Å². The van der Waals surface area contributed by atoms with Gasteiger partial charge in [-0.2, -0.15) is 0 Å². The van der Waals surface area contributed by atoms with Crippen LogP contribution < -0.4 is 10.1 Å². The molecule has 3 rings (SSSR count). The quantitative estimate of drug-likeness (QED) is 0.876. The average molecular weight is 309 g/mol. The molecule has 1 saturated carbocycles. The Morgan fingerprint density at radius 3 is 2.39 bits per heavy atom. The minimum atomic E-state index is 0.0211. The van der Waals surface area contributed by atoms with E-state index in [1.165, 1.54) is 18.4 Å². The van der Waals surface area contributed by atoms with Crippen molar-refractivity contribution in [2.45, 2.75) is 38.1 Å². The molecule has 0 radical (unpaired) electrons. The molecule has 120 valence electrons. The predicted octanol–water partition coefficient (Wildman–Crippen LogP) is 3.98. The van der Waals surface area contributed by atoms with Gasteiger partial charge in [-0.3, -0.25) is 4.79 Å². The maximum absolute atomic E-state index is 12.2. The molecule has 0 aromatic heterocycles. The van der Waals surface area contributed by atoms with Crippen molar-refractivity contribution in [1.29, 1.82) is 0 Å². The van der Waals surface area contributed by atoms with Crippen LogP contribution in [-0.4, -0.2) is 18.6 Å². The van der Waals surface area contributed by atoms with Crippen LogP contribution in [0.4, 0.5) is 0 Å². The molecule has 1 N–H and O–H groups in total. The Kier molecular flexibility index (Phi) is 5.30. The maximum atomic E-state index is 12.2. The second-order valence-corrected chi connectivity index (χ2v) is 6.06. The fourth-order valence-electron chi connectivity index (χ4n) is 2.97. The van der Waals surface area contributed by atoms with Gasteiger partial charge in [0, 0.05) is 18.0 Å². The number of nitrogens with one attached hydrogen (secondary N) is 1. The largest absolute Gasteiger partial charge is 0.493 e. The first-order valence-corrected chi connectivity index (χ1v) is 8.39. The van der Waals surface area contributed by atoms with Crippen LogP contribution in [0.5, 0.6) is 5.75 Å². The van der Waals surface area contributed by atoms with Gasteiger partial charge in [0.05, 0.1) is 6.61 Å². The highest BCUT2D eigenvalue weighted by atomic mass is 16.5. The monoisotopic (exact) mass is 309 g/mol. The van der Waals surface area contributed by atoms with E-state index in [1.807, 2.05) is 42.5 Å². The summed E-state index contributed by atoms with van der Waals surface area (Å²) in [7, 11) is 0. The maximum Gasteiger partial charge on any atom is 0.251 e. The standard InChI is InChI=1S/C20H23NO2/c22-20(21-18-8-4-5-9-18)17-10-12-19(13-11-17)23-15-14-16-6-2-1-3-7-16/h1-3,6-7,10-13,18H,4-5,8-9,14-15H2,(H,21,22). The first-order chi connectivity index (χ1) is 11.3. The molecule has 1 aliphatic rings. The molecule has 0 saturated heterocycles. The summed E-state index contributed by atoms with van der Waals surface area (Å²) < 4.78 is 5.75. The van der Waals surface area contributed by atoms with Gasteiger partial charge >= 0.3 is 0 Å². The zero-order chi connectivity index (χ0) is 15.9. The fourth-order valence-corrected chi connectivity index (χ4v) is 2.97. The van der Waals surface area contributed by atoms with E-state index in [4.69, 9.17) is 4.74 Å². The highest BCUT2D eigenvalue weighted by molar-refractivity contribution is 5.94. The van der Waals surface area contributed by atoms with E-state index < -0.39 is 0 Å². The minimum absolute atomic E-state index is 0.0211. The molecule has 3 heteroatoms. The number of carbonyl (C=O) groups is 1. The summed E-state index contributed by atoms with van der Waals surface area (Å²) in [5.74, 6) is 0.825. The average Bonchev–Trinajstić information content (AvgIpc) is 3.09. The second kappa shape index (κ2) is 7.82. The van der Waals surface area contributed by atoms with E-state index in [9.17, 15) is 4.79 Å². The van der Waals surface area contributed by atoms with Crippen molar-refractivity contribution in [2.24, 2.45) is 0 Å². The lowest BCUT2D eigenvalue weighted by atomic mass is 10.1. The lowest BCUT2D eigenvalue weighted by Gasteiger charge is -2.12. The fraction of sp³-hybridized carbons (Fsp3) is 0.350. The SMILES string of the molecule is O=C(NC1CCCC1)c1ccc(OCCc2ccccc2)cc1. The Labute approximate surface area is 137 Å². The Morgan fingerprint density at radius 1 is 1.00 bits per heavy atom. The molecule has 3 nitrogen and oxygen atoms in total. The number of rotatable bonds is 6. The third-order valence-electron chi connectivity index (χ3n) is 4.31. The van der Waals surface area contributed by atoms with Crippen LogP contribution in [0.1, 0.15) is 41.6 Å². The molecule has 1 amide bonds. The molecule has 0 aliphatic heterocycles. The van der Waals surface area contributed by atoms with Crippen molar-refractivity contribution in [3.05, 3.63) is 65.7 Å². The molecule has 1 aliphatic carbocycles. The van der Waals surface area contributed by atoms with E-state index in [-0.39, 0.29) is 5.91 Å². The summed E-state index contributed by atoms with van der Waals surface area (Å²) in [5.41, 5.74) is 1.97. The highest BCUT2D eigenvalue weighted by Gasteiger charge is 2.17. The second-order valence-electron chi connectivity index (χ2n) is 6.06. The summed E-state index contributed by atoms with van der Waals surface area (Å²) in [6.07, 6.45) is 5.53. The van der Waals surface area contributed by atoms with Gasteiger partial charge in [0.1, 0.15) is 5.75 Å². The van der Waals surface area contributed by atoms with Gasteiger partial charge in [-0.15, -0.1) is 0 Å². The van der Waals surface area contributed by atoms with Gasteiger partial charge in [0.25, 0.3) is 5.91 Å². The highest BCUT2D eigenvalue weighted by Crippen LogP contribution is 2.19.